The van der Waals surface area contributed by atoms with Crippen LogP contribution in [-0.2, 0) is 14.3 Å². The first-order valence-electron chi connectivity index (χ1n) is 6.00. The van der Waals surface area contributed by atoms with Crippen LogP contribution in [0.1, 0.15) is 23.7 Å². The first-order valence-corrected chi connectivity index (χ1v) is 6.00. The highest BCUT2D eigenvalue weighted by Gasteiger charge is 2.16. The van der Waals surface area contributed by atoms with Gasteiger partial charge in [-0.05, 0) is 19.1 Å². The molecule has 6 heteroatoms. The third kappa shape index (κ3) is 4.24. The van der Waals surface area contributed by atoms with Crippen molar-refractivity contribution in [1.82, 2.24) is 4.98 Å². The van der Waals surface area contributed by atoms with E-state index in [-0.39, 0.29) is 12.4 Å². The van der Waals surface area contributed by atoms with E-state index in [2.05, 4.69) is 4.98 Å². The number of carbonyl (C=O) groups is 2. The maximum Gasteiger partial charge on any atom is 0.341 e. The zero-order chi connectivity index (χ0) is 14.3. The van der Waals surface area contributed by atoms with Gasteiger partial charge in [0.05, 0.1) is 20.1 Å². The molecule has 1 heterocycles. The molecule has 0 aliphatic rings. The van der Waals surface area contributed by atoms with Gasteiger partial charge in [-0.1, -0.05) is 0 Å². The number of hydrogen-bond acceptors (Lipinski definition) is 6. The molecule has 6 nitrogen and oxygen atoms in total. The number of ether oxygens (including phenoxy) is 2. The third-order valence-electron chi connectivity index (χ3n) is 2.51. The third-order valence-corrected chi connectivity index (χ3v) is 2.51. The van der Waals surface area contributed by atoms with E-state index in [9.17, 15) is 9.59 Å². The van der Waals surface area contributed by atoms with Crippen LogP contribution in [0.2, 0.25) is 0 Å². The fraction of sp³-hybridized carbons (Fsp3) is 0.462. The van der Waals surface area contributed by atoms with Gasteiger partial charge in [0.2, 0.25) is 0 Å². The number of anilines is 1. The molecule has 0 aromatic carbocycles. The van der Waals surface area contributed by atoms with Crippen molar-refractivity contribution in [3.63, 3.8) is 0 Å². The van der Waals surface area contributed by atoms with Gasteiger partial charge >= 0.3 is 11.9 Å². The second-order valence-electron chi connectivity index (χ2n) is 3.84. The number of rotatable bonds is 6. The van der Waals surface area contributed by atoms with Crippen LogP contribution in [0.5, 0.6) is 0 Å². The summed E-state index contributed by atoms with van der Waals surface area (Å²) in [5.41, 5.74) is 0.372. The average molecular weight is 266 g/mol. The molecule has 0 unspecified atom stereocenters. The van der Waals surface area contributed by atoms with Crippen LogP contribution in [0.4, 0.5) is 5.82 Å². The minimum atomic E-state index is -0.453. The number of pyridine rings is 1. The van der Waals surface area contributed by atoms with E-state index in [0.29, 0.717) is 24.5 Å². The van der Waals surface area contributed by atoms with Crippen LogP contribution in [0.15, 0.2) is 18.3 Å². The second kappa shape index (κ2) is 7.35. The summed E-state index contributed by atoms with van der Waals surface area (Å²) in [6, 6.07) is 3.30. The molecule has 1 rings (SSSR count). The van der Waals surface area contributed by atoms with Crippen molar-refractivity contribution < 1.29 is 19.1 Å². The lowest BCUT2D eigenvalue weighted by Crippen LogP contribution is -2.25. The molecular weight excluding hydrogens is 248 g/mol. The number of nitrogens with zero attached hydrogens (tertiary/aromatic N) is 2. The van der Waals surface area contributed by atoms with Crippen LogP contribution in [0, 0.1) is 0 Å². The molecule has 0 aliphatic heterocycles. The number of hydrogen-bond donors (Lipinski definition) is 0. The quantitative estimate of drug-likeness (QED) is 0.722. The Kier molecular flexibility index (Phi) is 5.78. The average Bonchev–Trinajstić information content (AvgIpc) is 2.44. The Morgan fingerprint density at radius 3 is 2.79 bits per heavy atom. The molecule has 1 aromatic heterocycles. The van der Waals surface area contributed by atoms with Gasteiger partial charge in [0.15, 0.2) is 0 Å². The highest BCUT2D eigenvalue weighted by atomic mass is 16.5. The maximum absolute atomic E-state index is 11.6. The largest absolute Gasteiger partial charge is 0.466 e. The van der Waals surface area contributed by atoms with E-state index >= 15 is 0 Å². The van der Waals surface area contributed by atoms with Crippen molar-refractivity contribution in [3.8, 4) is 0 Å². The smallest absolute Gasteiger partial charge is 0.341 e. The second-order valence-corrected chi connectivity index (χ2v) is 3.84. The van der Waals surface area contributed by atoms with Crippen LogP contribution in [0.3, 0.4) is 0 Å². The predicted octanol–water partition coefficient (Wildman–Crippen LogP) is 1.26. The van der Waals surface area contributed by atoms with E-state index in [1.54, 1.807) is 37.2 Å². The molecule has 0 atom stereocenters. The standard InChI is InChI=1S/C13H18N2O4/c1-4-19-11(16)7-9-15(2)12-10(13(17)18-3)6-5-8-14-12/h5-6,8H,4,7,9H2,1-3H3. The molecule has 0 saturated heterocycles. The first-order chi connectivity index (χ1) is 9.10. The molecule has 0 bridgehead atoms. The fourth-order valence-corrected chi connectivity index (χ4v) is 1.57. The van der Waals surface area contributed by atoms with Gasteiger partial charge in [-0.2, -0.15) is 0 Å². The molecule has 1 aromatic rings. The van der Waals surface area contributed by atoms with Crippen LogP contribution in [-0.4, -0.2) is 44.2 Å². The van der Waals surface area contributed by atoms with Crippen molar-refractivity contribution in [2.45, 2.75) is 13.3 Å². The summed E-state index contributed by atoms with van der Waals surface area (Å²) in [6.45, 7) is 2.54. The summed E-state index contributed by atoms with van der Waals surface area (Å²) in [5, 5.41) is 0. The molecule has 0 spiro atoms. The molecule has 0 saturated carbocycles. The number of carbonyl (C=O) groups excluding carboxylic acids is 2. The summed E-state index contributed by atoms with van der Waals surface area (Å²) in [6.07, 6.45) is 1.82. The summed E-state index contributed by atoms with van der Waals surface area (Å²) in [4.78, 5) is 28.8. The van der Waals surface area contributed by atoms with E-state index in [4.69, 9.17) is 9.47 Å². The summed E-state index contributed by atoms with van der Waals surface area (Å²) >= 11 is 0. The zero-order valence-corrected chi connectivity index (χ0v) is 11.4. The fourth-order valence-electron chi connectivity index (χ4n) is 1.57. The van der Waals surface area contributed by atoms with Crippen molar-refractivity contribution in [1.29, 1.82) is 0 Å². The van der Waals surface area contributed by atoms with Crippen molar-refractivity contribution in [2.75, 3.05) is 32.2 Å². The van der Waals surface area contributed by atoms with Gasteiger partial charge in [0, 0.05) is 19.8 Å². The Bertz CT molecular complexity index is 448. The summed E-state index contributed by atoms with van der Waals surface area (Å²) < 4.78 is 9.54. The van der Waals surface area contributed by atoms with Crippen LogP contribution < -0.4 is 4.90 Å². The van der Waals surface area contributed by atoms with Gasteiger partial charge in [0.25, 0.3) is 0 Å². The summed E-state index contributed by atoms with van der Waals surface area (Å²) in [5.74, 6) is -0.241. The highest BCUT2D eigenvalue weighted by Crippen LogP contribution is 2.16. The Morgan fingerprint density at radius 2 is 2.16 bits per heavy atom. The van der Waals surface area contributed by atoms with E-state index in [1.807, 2.05) is 0 Å². The Morgan fingerprint density at radius 1 is 1.42 bits per heavy atom. The topological polar surface area (TPSA) is 68.7 Å². The summed E-state index contributed by atoms with van der Waals surface area (Å²) in [7, 11) is 3.08. The van der Waals surface area contributed by atoms with Crippen molar-refractivity contribution in [2.24, 2.45) is 0 Å². The van der Waals surface area contributed by atoms with Gasteiger partial charge in [-0.15, -0.1) is 0 Å². The SMILES string of the molecule is CCOC(=O)CCN(C)c1ncccc1C(=O)OC. The lowest BCUT2D eigenvalue weighted by Gasteiger charge is -2.19. The van der Waals surface area contributed by atoms with E-state index in [1.165, 1.54) is 7.11 Å². The lowest BCUT2D eigenvalue weighted by atomic mass is 10.2. The molecule has 104 valence electrons. The minimum Gasteiger partial charge on any atom is -0.466 e. The number of esters is 2. The Hall–Kier alpha value is -2.11. The molecular formula is C13H18N2O4. The van der Waals surface area contributed by atoms with Crippen molar-refractivity contribution >= 4 is 17.8 Å². The lowest BCUT2D eigenvalue weighted by molar-refractivity contribution is -0.142. The van der Waals surface area contributed by atoms with Crippen molar-refractivity contribution in [3.05, 3.63) is 23.9 Å². The minimum absolute atomic E-state index is 0.238. The predicted molar refractivity (Wildman–Crippen MR) is 70.1 cm³/mol. The molecule has 0 fully saturated rings. The monoisotopic (exact) mass is 266 g/mol. The highest BCUT2D eigenvalue weighted by molar-refractivity contribution is 5.94. The van der Waals surface area contributed by atoms with Crippen LogP contribution in [0.25, 0.3) is 0 Å². The maximum atomic E-state index is 11.6. The van der Waals surface area contributed by atoms with Gasteiger partial charge in [-0.3, -0.25) is 4.79 Å². The Balaban J connectivity index is 2.74. The normalized spacial score (nSPS) is 9.84. The number of methoxy groups -OCH3 is 1. The molecule has 0 amide bonds. The van der Waals surface area contributed by atoms with E-state index in [0.717, 1.165) is 0 Å². The molecule has 0 N–H and O–H groups in total. The van der Waals surface area contributed by atoms with Gasteiger partial charge in [0.1, 0.15) is 11.4 Å². The molecule has 0 aliphatic carbocycles. The van der Waals surface area contributed by atoms with E-state index < -0.39 is 5.97 Å². The number of aromatic nitrogens is 1. The molecule has 19 heavy (non-hydrogen) atoms. The zero-order valence-electron chi connectivity index (χ0n) is 11.4. The van der Waals surface area contributed by atoms with Crippen LogP contribution >= 0.6 is 0 Å². The first kappa shape index (κ1) is 14.9. The van der Waals surface area contributed by atoms with Gasteiger partial charge < -0.3 is 14.4 Å². The molecule has 0 radical (unpaired) electrons. The Labute approximate surface area is 112 Å². The van der Waals surface area contributed by atoms with Gasteiger partial charge in [-0.25, -0.2) is 9.78 Å².